The van der Waals surface area contributed by atoms with Crippen LogP contribution in [-0.2, 0) is 6.42 Å². The average molecular weight is 526 g/mol. The second kappa shape index (κ2) is 11.9. The number of aromatic nitrogens is 2. The zero-order valence-electron chi connectivity index (χ0n) is 20.4. The van der Waals surface area contributed by atoms with E-state index in [1.807, 2.05) is 24.3 Å². The smallest absolute Gasteiger partial charge is 0.274 e. The number of nitrogens with one attached hydrogen (secondary N) is 1. The number of likely N-dealkylation sites (tertiary alicyclic amines) is 1. The SMILES string of the molecule is O=c1c2ccccc2c(Cc2ccc(F)cc2)nn1C1CC[NH+](CCC(O)c2ccc(F)cc2)CC1.[Cl-]. The summed E-state index contributed by atoms with van der Waals surface area (Å²) in [5, 5.41) is 16.8. The lowest BCUT2D eigenvalue weighted by atomic mass is 10.0. The number of benzene rings is 3. The molecule has 194 valence electrons. The number of fused-ring (bicyclic) bond motifs is 1. The minimum atomic E-state index is -0.616. The van der Waals surface area contributed by atoms with Gasteiger partial charge in [0.1, 0.15) is 11.6 Å². The molecule has 1 atom stereocenters. The molecular formula is C29H30ClF2N3O2. The van der Waals surface area contributed by atoms with E-state index in [1.54, 1.807) is 28.9 Å². The number of piperidine rings is 1. The van der Waals surface area contributed by atoms with Gasteiger partial charge < -0.3 is 22.4 Å². The highest BCUT2D eigenvalue weighted by atomic mass is 35.5. The summed E-state index contributed by atoms with van der Waals surface area (Å²) in [5.41, 5.74) is 2.41. The van der Waals surface area contributed by atoms with E-state index in [4.69, 9.17) is 5.10 Å². The van der Waals surface area contributed by atoms with Gasteiger partial charge in [-0.2, -0.15) is 5.10 Å². The number of hydrogen-bond acceptors (Lipinski definition) is 3. The number of halogens is 3. The fourth-order valence-electron chi connectivity index (χ4n) is 5.15. The van der Waals surface area contributed by atoms with Crippen molar-refractivity contribution in [1.82, 2.24) is 9.78 Å². The largest absolute Gasteiger partial charge is 1.00 e. The van der Waals surface area contributed by atoms with Crippen molar-refractivity contribution >= 4 is 10.8 Å². The molecule has 1 saturated heterocycles. The Morgan fingerprint density at radius 3 is 2.16 bits per heavy atom. The van der Waals surface area contributed by atoms with E-state index in [9.17, 15) is 18.7 Å². The lowest BCUT2D eigenvalue weighted by Crippen LogP contribution is -3.13. The third kappa shape index (κ3) is 6.24. The van der Waals surface area contributed by atoms with Gasteiger partial charge >= 0.3 is 0 Å². The van der Waals surface area contributed by atoms with E-state index in [-0.39, 0.29) is 35.6 Å². The van der Waals surface area contributed by atoms with Crippen LogP contribution in [0, 0.1) is 11.6 Å². The van der Waals surface area contributed by atoms with Crippen molar-refractivity contribution in [2.24, 2.45) is 0 Å². The summed E-state index contributed by atoms with van der Waals surface area (Å²) in [4.78, 5) is 14.7. The maximum atomic E-state index is 13.4. The lowest BCUT2D eigenvalue weighted by Gasteiger charge is -2.30. The fraction of sp³-hybridized carbons (Fsp3) is 0.310. The van der Waals surface area contributed by atoms with Gasteiger partial charge in [0.05, 0.1) is 42.9 Å². The summed E-state index contributed by atoms with van der Waals surface area (Å²) in [6.07, 6.45) is 2.15. The first-order valence-electron chi connectivity index (χ1n) is 12.5. The quantitative estimate of drug-likeness (QED) is 0.372. The summed E-state index contributed by atoms with van der Waals surface area (Å²) >= 11 is 0. The summed E-state index contributed by atoms with van der Waals surface area (Å²) in [5.74, 6) is -0.585. The molecule has 5 nitrogen and oxygen atoms in total. The van der Waals surface area contributed by atoms with Crippen LogP contribution in [-0.4, -0.2) is 34.5 Å². The highest BCUT2D eigenvalue weighted by Gasteiger charge is 2.26. The number of aliphatic hydroxyl groups is 1. The summed E-state index contributed by atoms with van der Waals surface area (Å²) in [6, 6.07) is 20.0. The van der Waals surface area contributed by atoms with Crippen LogP contribution in [0.2, 0.25) is 0 Å². The summed E-state index contributed by atoms with van der Waals surface area (Å²) < 4.78 is 28.2. The monoisotopic (exact) mass is 525 g/mol. The van der Waals surface area contributed by atoms with Crippen LogP contribution in [0.5, 0.6) is 0 Å². The van der Waals surface area contributed by atoms with Crippen LogP contribution >= 0.6 is 0 Å². The highest BCUT2D eigenvalue weighted by molar-refractivity contribution is 5.83. The van der Waals surface area contributed by atoms with E-state index < -0.39 is 6.10 Å². The molecule has 5 rings (SSSR count). The first-order chi connectivity index (χ1) is 17.5. The minimum Gasteiger partial charge on any atom is -1.00 e. The topological polar surface area (TPSA) is 59.6 Å². The predicted molar refractivity (Wildman–Crippen MR) is 135 cm³/mol. The molecule has 0 saturated carbocycles. The fourth-order valence-corrected chi connectivity index (χ4v) is 5.15. The van der Waals surface area contributed by atoms with Gasteiger partial charge in [0.2, 0.25) is 0 Å². The van der Waals surface area contributed by atoms with Gasteiger partial charge in [0, 0.05) is 31.1 Å². The van der Waals surface area contributed by atoms with Crippen molar-refractivity contribution < 1.29 is 31.2 Å². The van der Waals surface area contributed by atoms with Gasteiger partial charge in [-0.3, -0.25) is 4.79 Å². The maximum absolute atomic E-state index is 13.4. The van der Waals surface area contributed by atoms with Crippen LogP contribution in [0.4, 0.5) is 8.78 Å². The Kier molecular flexibility index (Phi) is 8.69. The first-order valence-corrected chi connectivity index (χ1v) is 12.5. The zero-order chi connectivity index (χ0) is 25.1. The van der Waals surface area contributed by atoms with Crippen molar-refractivity contribution in [2.45, 2.75) is 37.8 Å². The third-order valence-electron chi connectivity index (χ3n) is 7.22. The van der Waals surface area contributed by atoms with Gasteiger partial charge in [0.25, 0.3) is 5.56 Å². The standard InChI is InChI=1S/C29H29F2N3O2.ClH/c30-22-9-5-20(6-10-22)19-27-25-3-1-2-4-26(25)29(36)34(32-27)24-13-16-33(17-14-24)18-15-28(35)21-7-11-23(31)12-8-21;/h1-12,24,28,35H,13-19H2;1H. The van der Waals surface area contributed by atoms with E-state index in [0.717, 1.165) is 54.7 Å². The summed E-state index contributed by atoms with van der Waals surface area (Å²) in [6.45, 7) is 2.57. The van der Waals surface area contributed by atoms with E-state index >= 15 is 0 Å². The van der Waals surface area contributed by atoms with Gasteiger partial charge in [-0.25, -0.2) is 13.5 Å². The molecule has 1 unspecified atom stereocenters. The van der Waals surface area contributed by atoms with Crippen LogP contribution in [0.25, 0.3) is 10.8 Å². The summed E-state index contributed by atoms with van der Waals surface area (Å²) in [7, 11) is 0. The van der Waals surface area contributed by atoms with Gasteiger partial charge in [-0.1, -0.05) is 42.5 Å². The Hall–Kier alpha value is -3.13. The van der Waals surface area contributed by atoms with Crippen LogP contribution in [0.3, 0.4) is 0 Å². The molecule has 0 spiro atoms. The number of quaternary nitrogens is 1. The molecule has 1 aliphatic heterocycles. The zero-order valence-corrected chi connectivity index (χ0v) is 21.2. The Bertz CT molecular complexity index is 1390. The lowest BCUT2D eigenvalue weighted by molar-refractivity contribution is -0.906. The van der Waals surface area contributed by atoms with E-state index in [2.05, 4.69) is 0 Å². The highest BCUT2D eigenvalue weighted by Crippen LogP contribution is 2.21. The molecule has 3 aromatic carbocycles. The molecule has 8 heteroatoms. The van der Waals surface area contributed by atoms with Crippen molar-refractivity contribution in [3.05, 3.63) is 112 Å². The predicted octanol–water partition coefficient (Wildman–Crippen LogP) is 0.613. The molecule has 2 N–H and O–H groups in total. The molecule has 1 fully saturated rings. The number of rotatable bonds is 7. The van der Waals surface area contributed by atoms with Crippen molar-refractivity contribution in [3.8, 4) is 0 Å². The van der Waals surface area contributed by atoms with Crippen LogP contribution in [0.1, 0.15) is 48.2 Å². The molecule has 0 amide bonds. The molecule has 2 heterocycles. The van der Waals surface area contributed by atoms with Gasteiger partial charge in [0.15, 0.2) is 0 Å². The Balaban J connectivity index is 0.00000320. The normalized spacial score (nSPS) is 18.4. The first kappa shape index (κ1) is 26.9. The maximum Gasteiger partial charge on any atom is 0.274 e. The van der Waals surface area contributed by atoms with Crippen molar-refractivity contribution in [1.29, 1.82) is 0 Å². The third-order valence-corrected chi connectivity index (χ3v) is 7.22. The molecule has 0 bridgehead atoms. The van der Waals surface area contributed by atoms with Gasteiger partial charge in [-0.15, -0.1) is 0 Å². The molecule has 1 aromatic heterocycles. The Morgan fingerprint density at radius 1 is 0.919 bits per heavy atom. The van der Waals surface area contributed by atoms with Crippen LogP contribution in [0.15, 0.2) is 77.6 Å². The van der Waals surface area contributed by atoms with E-state index in [1.165, 1.54) is 29.2 Å². The number of aliphatic hydroxyl groups excluding tert-OH is 1. The minimum absolute atomic E-state index is 0. The molecule has 0 aliphatic carbocycles. The molecular weight excluding hydrogens is 496 g/mol. The average Bonchev–Trinajstić information content (AvgIpc) is 2.91. The molecule has 1 aliphatic rings. The Labute approximate surface area is 220 Å². The second-order valence-electron chi connectivity index (χ2n) is 9.63. The van der Waals surface area contributed by atoms with Crippen LogP contribution < -0.4 is 22.9 Å². The van der Waals surface area contributed by atoms with Gasteiger partial charge in [-0.05, 0) is 41.5 Å². The number of nitrogens with zero attached hydrogens (tertiary/aromatic N) is 2. The van der Waals surface area contributed by atoms with Crippen molar-refractivity contribution in [2.75, 3.05) is 19.6 Å². The van der Waals surface area contributed by atoms with E-state index in [0.29, 0.717) is 18.2 Å². The molecule has 37 heavy (non-hydrogen) atoms. The second-order valence-corrected chi connectivity index (χ2v) is 9.63. The molecule has 0 radical (unpaired) electrons. The van der Waals surface area contributed by atoms with Crippen molar-refractivity contribution in [3.63, 3.8) is 0 Å². The number of hydrogen-bond donors (Lipinski definition) is 2. The molecule has 4 aromatic rings. The Morgan fingerprint density at radius 2 is 1.51 bits per heavy atom.